The summed E-state index contributed by atoms with van der Waals surface area (Å²) < 4.78 is 5.66. The van der Waals surface area contributed by atoms with Gasteiger partial charge in [0, 0.05) is 16.5 Å². The first kappa shape index (κ1) is 12.2. The summed E-state index contributed by atoms with van der Waals surface area (Å²) in [5, 5.41) is 9.84. The van der Waals surface area contributed by atoms with Crippen LogP contribution in [-0.4, -0.2) is 5.78 Å². The van der Waals surface area contributed by atoms with Gasteiger partial charge in [0.2, 0.25) is 5.78 Å². The molecule has 0 aliphatic heterocycles. The van der Waals surface area contributed by atoms with Gasteiger partial charge in [-0.15, -0.1) is 0 Å². The summed E-state index contributed by atoms with van der Waals surface area (Å²) in [5.41, 5.74) is 2.45. The second-order valence-corrected chi connectivity index (χ2v) is 4.57. The molecular weight excluding hydrogens is 250 g/mol. The second kappa shape index (κ2) is 4.67. The molecule has 1 aromatic heterocycles. The minimum Gasteiger partial charge on any atom is -0.452 e. The Morgan fingerprint density at radius 3 is 2.70 bits per heavy atom. The zero-order chi connectivity index (χ0) is 14.1. The molecule has 3 heteroatoms. The average Bonchev–Trinajstić information content (AvgIpc) is 2.84. The van der Waals surface area contributed by atoms with Gasteiger partial charge < -0.3 is 4.42 Å². The molecule has 0 amide bonds. The fourth-order valence-corrected chi connectivity index (χ4v) is 2.25. The fraction of sp³-hybridized carbons (Fsp3) is 0.0588. The van der Waals surface area contributed by atoms with Crippen LogP contribution in [0.25, 0.3) is 11.0 Å². The molecule has 0 saturated heterocycles. The zero-order valence-corrected chi connectivity index (χ0v) is 10.9. The molecule has 3 nitrogen and oxygen atoms in total. The van der Waals surface area contributed by atoms with Crippen LogP contribution in [0.4, 0.5) is 0 Å². The lowest BCUT2D eigenvalue weighted by Crippen LogP contribution is -2.01. The number of carbonyl (C=O) groups is 1. The molecule has 0 aliphatic carbocycles. The van der Waals surface area contributed by atoms with Crippen molar-refractivity contribution in [1.29, 1.82) is 5.26 Å². The van der Waals surface area contributed by atoms with E-state index in [1.807, 2.05) is 37.3 Å². The molecule has 1 heterocycles. The summed E-state index contributed by atoms with van der Waals surface area (Å²) >= 11 is 0. The lowest BCUT2D eigenvalue weighted by Gasteiger charge is -1.99. The molecule has 20 heavy (non-hydrogen) atoms. The number of nitrogens with zero attached hydrogens (tertiary/aromatic N) is 1. The van der Waals surface area contributed by atoms with Gasteiger partial charge in [0.15, 0.2) is 5.76 Å². The van der Waals surface area contributed by atoms with Crippen molar-refractivity contribution in [2.45, 2.75) is 6.92 Å². The number of furan rings is 1. The van der Waals surface area contributed by atoms with Crippen molar-refractivity contribution >= 4 is 16.8 Å². The van der Waals surface area contributed by atoms with Gasteiger partial charge in [0.05, 0.1) is 11.6 Å². The van der Waals surface area contributed by atoms with Gasteiger partial charge in [0.1, 0.15) is 5.58 Å². The summed E-state index contributed by atoms with van der Waals surface area (Å²) in [7, 11) is 0. The van der Waals surface area contributed by atoms with Gasteiger partial charge >= 0.3 is 0 Å². The van der Waals surface area contributed by atoms with Crippen molar-refractivity contribution in [3.8, 4) is 6.07 Å². The molecule has 0 aliphatic rings. The third-order valence-electron chi connectivity index (χ3n) is 3.30. The molecule has 96 valence electrons. The molecule has 0 unspecified atom stereocenters. The van der Waals surface area contributed by atoms with Crippen LogP contribution in [0.1, 0.15) is 27.2 Å². The number of ketones is 1. The molecule has 0 spiro atoms. The highest BCUT2D eigenvalue weighted by Crippen LogP contribution is 2.26. The number of carbonyl (C=O) groups excluding carboxylic acids is 1. The highest BCUT2D eigenvalue weighted by molar-refractivity contribution is 6.10. The minimum atomic E-state index is -0.198. The Kier molecular flexibility index (Phi) is 2.85. The van der Waals surface area contributed by atoms with Crippen LogP contribution in [0.5, 0.6) is 0 Å². The van der Waals surface area contributed by atoms with Gasteiger partial charge in [-0.25, -0.2) is 0 Å². The van der Waals surface area contributed by atoms with Crippen LogP contribution in [0.3, 0.4) is 0 Å². The quantitative estimate of drug-likeness (QED) is 0.658. The molecule has 3 rings (SSSR count). The van der Waals surface area contributed by atoms with Crippen molar-refractivity contribution < 1.29 is 9.21 Å². The highest BCUT2D eigenvalue weighted by atomic mass is 16.3. The second-order valence-electron chi connectivity index (χ2n) is 4.57. The third-order valence-corrected chi connectivity index (χ3v) is 3.30. The maximum Gasteiger partial charge on any atom is 0.228 e. The Morgan fingerprint density at radius 2 is 1.95 bits per heavy atom. The Balaban J connectivity index is 2.13. The first-order chi connectivity index (χ1) is 9.70. The number of fused-ring (bicyclic) bond motifs is 1. The number of nitriles is 1. The first-order valence-corrected chi connectivity index (χ1v) is 6.23. The highest BCUT2D eigenvalue weighted by Gasteiger charge is 2.19. The largest absolute Gasteiger partial charge is 0.452 e. The predicted octanol–water partition coefficient (Wildman–Crippen LogP) is 3.84. The first-order valence-electron chi connectivity index (χ1n) is 6.23. The molecule has 0 atom stereocenters. The van der Waals surface area contributed by atoms with Crippen LogP contribution in [-0.2, 0) is 0 Å². The van der Waals surface area contributed by atoms with Crippen LogP contribution < -0.4 is 0 Å². The van der Waals surface area contributed by atoms with Crippen molar-refractivity contribution in [1.82, 2.24) is 0 Å². The topological polar surface area (TPSA) is 54.0 Å². The number of para-hydroxylation sites is 1. The van der Waals surface area contributed by atoms with Crippen LogP contribution in [0, 0.1) is 18.3 Å². The molecule has 2 aromatic carbocycles. The average molecular weight is 261 g/mol. The van der Waals surface area contributed by atoms with Crippen molar-refractivity contribution in [2.24, 2.45) is 0 Å². The van der Waals surface area contributed by atoms with E-state index >= 15 is 0 Å². The van der Waals surface area contributed by atoms with Gasteiger partial charge in [-0.2, -0.15) is 5.26 Å². The predicted molar refractivity (Wildman–Crippen MR) is 75.5 cm³/mol. The third kappa shape index (κ3) is 1.88. The molecule has 0 fully saturated rings. The molecular formula is C17H11NO2. The maximum absolute atomic E-state index is 12.5. The van der Waals surface area contributed by atoms with Gasteiger partial charge in [-0.3, -0.25) is 4.79 Å². The normalized spacial score (nSPS) is 10.4. The van der Waals surface area contributed by atoms with E-state index in [2.05, 4.69) is 0 Å². The Labute approximate surface area is 116 Å². The van der Waals surface area contributed by atoms with Crippen LogP contribution in [0.2, 0.25) is 0 Å². The summed E-state index contributed by atoms with van der Waals surface area (Å²) in [6.07, 6.45) is 0. The summed E-state index contributed by atoms with van der Waals surface area (Å²) in [6, 6.07) is 16.2. The molecule has 0 saturated carbocycles. The number of hydrogen-bond acceptors (Lipinski definition) is 3. The van der Waals surface area contributed by atoms with E-state index in [1.54, 1.807) is 24.3 Å². The smallest absolute Gasteiger partial charge is 0.228 e. The van der Waals surface area contributed by atoms with E-state index in [9.17, 15) is 4.79 Å². The van der Waals surface area contributed by atoms with Gasteiger partial charge in [-0.1, -0.05) is 30.3 Å². The SMILES string of the molecule is Cc1c(C(=O)c2cccc(C#N)c2)oc2ccccc12. The molecule has 3 aromatic rings. The van der Waals surface area contributed by atoms with Gasteiger partial charge in [0.25, 0.3) is 0 Å². The van der Waals surface area contributed by atoms with E-state index in [-0.39, 0.29) is 5.78 Å². The molecule has 0 bridgehead atoms. The minimum absolute atomic E-state index is 0.198. The molecule has 0 N–H and O–H groups in total. The van der Waals surface area contributed by atoms with Crippen molar-refractivity contribution in [3.05, 3.63) is 71.0 Å². The van der Waals surface area contributed by atoms with Gasteiger partial charge in [-0.05, 0) is 25.1 Å². The zero-order valence-electron chi connectivity index (χ0n) is 10.9. The standard InChI is InChI=1S/C17H11NO2/c1-11-14-7-2-3-8-15(14)20-17(11)16(19)13-6-4-5-12(9-13)10-18/h2-9H,1H3. The van der Waals surface area contributed by atoms with E-state index in [1.165, 1.54) is 0 Å². The monoisotopic (exact) mass is 261 g/mol. The Morgan fingerprint density at radius 1 is 1.15 bits per heavy atom. The maximum atomic E-state index is 12.5. The lowest BCUT2D eigenvalue weighted by molar-refractivity contribution is 0.101. The molecule has 0 radical (unpaired) electrons. The Bertz CT molecular complexity index is 853. The van der Waals surface area contributed by atoms with Crippen molar-refractivity contribution in [3.63, 3.8) is 0 Å². The van der Waals surface area contributed by atoms with Crippen LogP contribution in [0.15, 0.2) is 52.9 Å². The van der Waals surface area contributed by atoms with E-state index in [0.717, 1.165) is 10.9 Å². The van der Waals surface area contributed by atoms with E-state index in [0.29, 0.717) is 22.5 Å². The van der Waals surface area contributed by atoms with E-state index in [4.69, 9.17) is 9.68 Å². The lowest BCUT2D eigenvalue weighted by atomic mass is 10.0. The Hall–Kier alpha value is -2.86. The summed E-state index contributed by atoms with van der Waals surface area (Å²) in [4.78, 5) is 12.5. The summed E-state index contributed by atoms with van der Waals surface area (Å²) in [6.45, 7) is 1.87. The fourth-order valence-electron chi connectivity index (χ4n) is 2.25. The number of hydrogen-bond donors (Lipinski definition) is 0. The number of benzene rings is 2. The number of rotatable bonds is 2. The summed E-state index contributed by atoms with van der Waals surface area (Å²) in [5.74, 6) is 0.136. The van der Waals surface area contributed by atoms with Crippen LogP contribution >= 0.6 is 0 Å². The van der Waals surface area contributed by atoms with E-state index < -0.39 is 0 Å². The number of aryl methyl sites for hydroxylation is 1. The van der Waals surface area contributed by atoms with Crippen molar-refractivity contribution in [2.75, 3.05) is 0 Å².